The highest BCUT2D eigenvalue weighted by Crippen LogP contribution is 2.20. The van der Waals surface area contributed by atoms with E-state index in [1.54, 1.807) is 38.1 Å². The number of sulfone groups is 1. The van der Waals surface area contributed by atoms with Crippen LogP contribution >= 0.6 is 11.6 Å². The van der Waals surface area contributed by atoms with Gasteiger partial charge in [-0.2, -0.15) is 0 Å². The van der Waals surface area contributed by atoms with Gasteiger partial charge in [0.1, 0.15) is 0 Å². The summed E-state index contributed by atoms with van der Waals surface area (Å²) >= 11 is 5.67. The average Bonchev–Trinajstić information content (AvgIpc) is 2.28. The van der Waals surface area contributed by atoms with Crippen molar-refractivity contribution in [2.24, 2.45) is 0 Å². The lowest BCUT2D eigenvalue weighted by Gasteiger charge is -2.16. The smallest absolute Gasteiger partial charge is 0.180 e. The molecule has 5 heteroatoms. The normalized spacial score (nSPS) is 11.8. The molecule has 0 spiro atoms. The van der Waals surface area contributed by atoms with E-state index >= 15 is 0 Å². The van der Waals surface area contributed by atoms with Crippen LogP contribution in [0, 0.1) is 0 Å². The molecule has 0 heterocycles. The molecule has 0 saturated carbocycles. The molecule has 1 rings (SSSR count). The lowest BCUT2D eigenvalue weighted by atomic mass is 10.3. The highest BCUT2D eigenvalue weighted by atomic mass is 35.5. The lowest BCUT2D eigenvalue weighted by molar-refractivity contribution is 0.587. The standard InChI is InChI=1S/C11H16ClNO2S/c1-9(2)16(14,15)11-6-4-10(5-7-11)13(3)8-12/h4-7,9H,8H2,1-3H3. The quantitative estimate of drug-likeness (QED) is 0.617. The maximum absolute atomic E-state index is 11.8. The molecule has 0 aliphatic heterocycles. The van der Waals surface area contributed by atoms with E-state index < -0.39 is 15.1 Å². The molecule has 0 bridgehead atoms. The summed E-state index contributed by atoms with van der Waals surface area (Å²) in [4.78, 5) is 2.18. The van der Waals surface area contributed by atoms with Crippen LogP contribution in [0.1, 0.15) is 13.8 Å². The number of hydrogen-bond acceptors (Lipinski definition) is 3. The maximum Gasteiger partial charge on any atom is 0.180 e. The first-order chi connectivity index (χ1) is 7.39. The van der Waals surface area contributed by atoms with Crippen molar-refractivity contribution in [1.82, 2.24) is 0 Å². The molecule has 16 heavy (non-hydrogen) atoms. The summed E-state index contributed by atoms with van der Waals surface area (Å²) in [6, 6.07) is 7.13. The van der Waals surface area contributed by atoms with E-state index in [9.17, 15) is 8.42 Å². The van der Waals surface area contributed by atoms with Crippen LogP contribution in [-0.4, -0.2) is 26.7 Å². The Morgan fingerprint density at radius 3 is 2.12 bits per heavy atom. The van der Waals surface area contributed by atoms with Crippen molar-refractivity contribution in [1.29, 1.82) is 0 Å². The van der Waals surface area contributed by atoms with Crippen LogP contribution in [0.2, 0.25) is 0 Å². The Bertz CT molecular complexity index is 440. The summed E-state index contributed by atoms with van der Waals surface area (Å²) in [5.41, 5.74) is 0.901. The molecular formula is C11H16ClNO2S. The Balaban J connectivity index is 3.05. The maximum atomic E-state index is 11.8. The molecule has 0 fully saturated rings. The van der Waals surface area contributed by atoms with Gasteiger partial charge in [0.25, 0.3) is 0 Å². The first kappa shape index (κ1) is 13.3. The Labute approximate surface area is 102 Å². The van der Waals surface area contributed by atoms with Crippen molar-refractivity contribution in [2.45, 2.75) is 24.0 Å². The topological polar surface area (TPSA) is 37.4 Å². The Kier molecular flexibility index (Phi) is 4.21. The van der Waals surface area contributed by atoms with Crippen LogP contribution in [0.15, 0.2) is 29.2 Å². The van der Waals surface area contributed by atoms with Crippen LogP contribution in [0.3, 0.4) is 0 Å². The van der Waals surface area contributed by atoms with Gasteiger partial charge >= 0.3 is 0 Å². The first-order valence-electron chi connectivity index (χ1n) is 5.00. The molecule has 0 aromatic heterocycles. The molecule has 0 aliphatic carbocycles. The molecule has 90 valence electrons. The highest BCUT2D eigenvalue weighted by molar-refractivity contribution is 7.92. The number of rotatable bonds is 4. The summed E-state index contributed by atoms with van der Waals surface area (Å²) in [6.45, 7) is 3.35. The van der Waals surface area contributed by atoms with E-state index in [-0.39, 0.29) is 0 Å². The molecule has 0 radical (unpaired) electrons. The van der Waals surface area contributed by atoms with Crippen molar-refractivity contribution < 1.29 is 8.42 Å². The van der Waals surface area contributed by atoms with Crippen molar-refractivity contribution >= 4 is 27.1 Å². The summed E-state index contributed by atoms with van der Waals surface area (Å²) in [6.07, 6.45) is 0. The predicted octanol–water partition coefficient (Wildman–Crippen LogP) is 2.50. The number of nitrogens with zero attached hydrogens (tertiary/aromatic N) is 1. The van der Waals surface area contributed by atoms with E-state index in [1.807, 2.05) is 11.9 Å². The lowest BCUT2D eigenvalue weighted by Crippen LogP contribution is -2.16. The predicted molar refractivity (Wildman–Crippen MR) is 67.9 cm³/mol. The minimum absolute atomic E-state index is 0.356. The summed E-state index contributed by atoms with van der Waals surface area (Å²) in [5, 5.41) is -0.399. The molecule has 0 amide bonds. The SMILES string of the molecule is CC(C)S(=O)(=O)c1ccc(N(C)CCl)cc1. The third-order valence-corrected chi connectivity index (χ3v) is 4.93. The van der Waals surface area contributed by atoms with Gasteiger partial charge in [-0.15, -0.1) is 11.6 Å². The number of hydrogen-bond donors (Lipinski definition) is 0. The zero-order chi connectivity index (χ0) is 12.3. The van der Waals surface area contributed by atoms with Gasteiger partial charge in [0.15, 0.2) is 9.84 Å². The van der Waals surface area contributed by atoms with Crippen molar-refractivity contribution in [3.05, 3.63) is 24.3 Å². The van der Waals surface area contributed by atoms with Gasteiger partial charge in [-0.1, -0.05) is 0 Å². The molecule has 3 nitrogen and oxygen atoms in total. The van der Waals surface area contributed by atoms with Crippen LogP contribution in [0.5, 0.6) is 0 Å². The first-order valence-corrected chi connectivity index (χ1v) is 7.08. The number of anilines is 1. The monoisotopic (exact) mass is 261 g/mol. The van der Waals surface area contributed by atoms with Gasteiger partial charge in [-0.05, 0) is 38.1 Å². The Morgan fingerprint density at radius 1 is 1.25 bits per heavy atom. The molecule has 0 N–H and O–H groups in total. The second-order valence-corrected chi connectivity index (χ2v) is 6.65. The fraction of sp³-hybridized carbons (Fsp3) is 0.455. The van der Waals surface area contributed by atoms with E-state index in [2.05, 4.69) is 0 Å². The van der Waals surface area contributed by atoms with Crippen molar-refractivity contribution in [3.63, 3.8) is 0 Å². The zero-order valence-corrected chi connectivity index (χ0v) is 11.2. The number of halogens is 1. The minimum Gasteiger partial charge on any atom is -0.361 e. The molecule has 1 aromatic rings. The van der Waals surface area contributed by atoms with Gasteiger partial charge in [-0.25, -0.2) is 8.42 Å². The molecule has 0 unspecified atom stereocenters. The fourth-order valence-electron chi connectivity index (χ4n) is 1.23. The van der Waals surface area contributed by atoms with Gasteiger partial charge in [0.05, 0.1) is 16.1 Å². The number of benzene rings is 1. The van der Waals surface area contributed by atoms with E-state index in [1.165, 1.54) is 0 Å². The third-order valence-electron chi connectivity index (χ3n) is 2.41. The molecule has 0 atom stereocenters. The van der Waals surface area contributed by atoms with Crippen LogP contribution in [0.25, 0.3) is 0 Å². The van der Waals surface area contributed by atoms with Gasteiger partial charge in [0, 0.05) is 12.7 Å². The second-order valence-electron chi connectivity index (χ2n) is 3.91. The van der Waals surface area contributed by atoms with Gasteiger partial charge in [-0.3, -0.25) is 0 Å². The third kappa shape index (κ3) is 2.68. The summed E-state index contributed by atoms with van der Waals surface area (Å²) in [5.74, 6) is 0. The van der Waals surface area contributed by atoms with E-state index in [4.69, 9.17) is 11.6 Å². The van der Waals surface area contributed by atoms with Gasteiger partial charge in [0.2, 0.25) is 0 Å². The molecule has 0 saturated heterocycles. The van der Waals surface area contributed by atoms with Crippen molar-refractivity contribution in [2.75, 3.05) is 18.0 Å². The highest BCUT2D eigenvalue weighted by Gasteiger charge is 2.18. The fourth-order valence-corrected chi connectivity index (χ4v) is 2.43. The second kappa shape index (κ2) is 5.06. The molecule has 1 aromatic carbocycles. The average molecular weight is 262 g/mol. The van der Waals surface area contributed by atoms with Crippen LogP contribution in [0.4, 0.5) is 5.69 Å². The Morgan fingerprint density at radius 2 is 1.75 bits per heavy atom. The minimum atomic E-state index is -3.18. The largest absolute Gasteiger partial charge is 0.361 e. The van der Waals surface area contributed by atoms with Crippen LogP contribution in [-0.2, 0) is 9.84 Å². The van der Waals surface area contributed by atoms with E-state index in [0.29, 0.717) is 10.9 Å². The van der Waals surface area contributed by atoms with Gasteiger partial charge < -0.3 is 4.90 Å². The summed E-state index contributed by atoms with van der Waals surface area (Å²) in [7, 11) is -1.33. The molecule has 0 aliphatic rings. The molecular weight excluding hydrogens is 246 g/mol. The zero-order valence-electron chi connectivity index (χ0n) is 9.64. The summed E-state index contributed by atoms with van der Waals surface area (Å²) < 4.78 is 23.7. The van der Waals surface area contributed by atoms with Crippen LogP contribution < -0.4 is 4.90 Å². The van der Waals surface area contributed by atoms with Crippen molar-refractivity contribution in [3.8, 4) is 0 Å². The number of alkyl halides is 1. The Hall–Kier alpha value is -0.740. The van der Waals surface area contributed by atoms with E-state index in [0.717, 1.165) is 5.69 Å².